The second kappa shape index (κ2) is 8.96. The first-order chi connectivity index (χ1) is 15.0. The monoisotopic (exact) mass is 415 g/mol. The number of benzene rings is 3. The molecule has 0 aliphatic carbocycles. The van der Waals surface area contributed by atoms with Gasteiger partial charge in [0.1, 0.15) is 19.0 Å². The number of aromatic nitrogens is 1. The van der Waals surface area contributed by atoms with Crippen LogP contribution in [0.15, 0.2) is 83.7 Å². The highest BCUT2D eigenvalue weighted by molar-refractivity contribution is 5.89. The van der Waals surface area contributed by atoms with E-state index in [0.29, 0.717) is 23.3 Å². The van der Waals surface area contributed by atoms with Gasteiger partial charge in [0, 0.05) is 17.5 Å². The summed E-state index contributed by atoms with van der Waals surface area (Å²) >= 11 is 0. The SMILES string of the molecule is CC(C)n1c(=O)c(OCc2ccccc2)c(OCc2ccccc2)c2ccc(O)cc21. The van der Waals surface area contributed by atoms with Gasteiger partial charge in [0.05, 0.1) is 5.52 Å². The van der Waals surface area contributed by atoms with Crippen LogP contribution in [0.4, 0.5) is 0 Å². The fourth-order valence-electron chi connectivity index (χ4n) is 3.59. The minimum absolute atomic E-state index is 0.0910. The summed E-state index contributed by atoms with van der Waals surface area (Å²) in [6, 6.07) is 24.3. The van der Waals surface area contributed by atoms with Gasteiger partial charge in [-0.1, -0.05) is 60.7 Å². The molecule has 0 saturated heterocycles. The van der Waals surface area contributed by atoms with Gasteiger partial charge in [0.15, 0.2) is 5.75 Å². The van der Waals surface area contributed by atoms with E-state index in [1.165, 1.54) is 0 Å². The number of aromatic hydroxyl groups is 1. The molecule has 0 radical (unpaired) electrons. The molecule has 158 valence electrons. The Balaban J connectivity index is 1.84. The van der Waals surface area contributed by atoms with Crippen LogP contribution in [0.3, 0.4) is 0 Å². The third-order valence-corrected chi connectivity index (χ3v) is 5.07. The van der Waals surface area contributed by atoms with E-state index < -0.39 is 0 Å². The van der Waals surface area contributed by atoms with Crippen LogP contribution in [-0.4, -0.2) is 9.67 Å². The van der Waals surface area contributed by atoms with Gasteiger partial charge < -0.3 is 19.1 Å². The molecule has 5 nitrogen and oxygen atoms in total. The van der Waals surface area contributed by atoms with Crippen LogP contribution in [0.25, 0.3) is 10.9 Å². The molecule has 0 fully saturated rings. The molecule has 0 aliphatic rings. The maximum atomic E-state index is 13.5. The maximum Gasteiger partial charge on any atom is 0.297 e. The van der Waals surface area contributed by atoms with Crippen molar-refractivity contribution < 1.29 is 14.6 Å². The van der Waals surface area contributed by atoms with E-state index in [1.54, 1.807) is 22.8 Å². The van der Waals surface area contributed by atoms with E-state index in [4.69, 9.17) is 9.47 Å². The van der Waals surface area contributed by atoms with E-state index in [-0.39, 0.29) is 29.7 Å². The molecule has 0 amide bonds. The van der Waals surface area contributed by atoms with Crippen LogP contribution in [0.2, 0.25) is 0 Å². The molecule has 0 spiro atoms. The molecular weight excluding hydrogens is 390 g/mol. The van der Waals surface area contributed by atoms with Crippen molar-refractivity contribution in [3.63, 3.8) is 0 Å². The van der Waals surface area contributed by atoms with Gasteiger partial charge in [-0.15, -0.1) is 0 Å². The second-order valence-corrected chi connectivity index (χ2v) is 7.68. The van der Waals surface area contributed by atoms with Crippen molar-refractivity contribution >= 4 is 10.9 Å². The highest BCUT2D eigenvalue weighted by Gasteiger charge is 2.21. The van der Waals surface area contributed by atoms with E-state index in [1.807, 2.05) is 74.5 Å². The van der Waals surface area contributed by atoms with Crippen molar-refractivity contribution in [3.8, 4) is 17.2 Å². The topological polar surface area (TPSA) is 60.7 Å². The number of ether oxygens (including phenoxy) is 2. The average Bonchev–Trinajstić information content (AvgIpc) is 2.77. The van der Waals surface area contributed by atoms with Gasteiger partial charge in [-0.25, -0.2) is 0 Å². The summed E-state index contributed by atoms with van der Waals surface area (Å²) in [5, 5.41) is 10.8. The molecule has 0 bridgehead atoms. The predicted octanol–water partition coefficient (Wildman–Crippen LogP) is 5.45. The number of phenols is 1. The Morgan fingerprint density at radius 2 is 1.35 bits per heavy atom. The lowest BCUT2D eigenvalue weighted by Crippen LogP contribution is -2.25. The van der Waals surface area contributed by atoms with Crippen LogP contribution in [0.5, 0.6) is 17.2 Å². The van der Waals surface area contributed by atoms with Crippen LogP contribution in [0, 0.1) is 0 Å². The normalized spacial score (nSPS) is 11.1. The summed E-state index contributed by atoms with van der Waals surface area (Å²) < 4.78 is 13.8. The number of nitrogens with zero attached hydrogens (tertiary/aromatic N) is 1. The van der Waals surface area contributed by atoms with Crippen molar-refractivity contribution in [2.45, 2.75) is 33.1 Å². The maximum absolute atomic E-state index is 13.5. The first-order valence-corrected chi connectivity index (χ1v) is 10.3. The molecule has 1 aromatic heterocycles. The van der Waals surface area contributed by atoms with Crippen molar-refractivity contribution in [3.05, 3.63) is 100 Å². The lowest BCUT2D eigenvalue weighted by Gasteiger charge is -2.21. The van der Waals surface area contributed by atoms with Crippen molar-refractivity contribution in [2.75, 3.05) is 0 Å². The first-order valence-electron chi connectivity index (χ1n) is 10.3. The molecular formula is C26H25NO4. The fraction of sp³-hybridized carbons (Fsp3) is 0.192. The Morgan fingerprint density at radius 1 is 0.806 bits per heavy atom. The van der Waals surface area contributed by atoms with Crippen LogP contribution in [-0.2, 0) is 13.2 Å². The zero-order chi connectivity index (χ0) is 21.8. The third-order valence-electron chi connectivity index (χ3n) is 5.07. The van der Waals surface area contributed by atoms with Crippen LogP contribution in [0.1, 0.15) is 31.0 Å². The molecule has 5 heteroatoms. The standard InChI is InChI=1S/C26H25NO4/c1-18(2)27-23-15-21(28)13-14-22(23)24(30-16-19-9-5-3-6-10-19)25(26(27)29)31-17-20-11-7-4-8-12-20/h3-15,18,28H,16-17H2,1-2H3. The molecule has 4 rings (SSSR count). The summed E-state index contributed by atoms with van der Waals surface area (Å²) in [6.45, 7) is 4.40. The highest BCUT2D eigenvalue weighted by Crippen LogP contribution is 2.36. The number of hydrogen-bond acceptors (Lipinski definition) is 4. The van der Waals surface area contributed by atoms with Gasteiger partial charge in [-0.05, 0) is 37.1 Å². The lowest BCUT2D eigenvalue weighted by atomic mass is 10.1. The smallest absolute Gasteiger partial charge is 0.297 e. The van der Waals surface area contributed by atoms with E-state index >= 15 is 0 Å². The van der Waals surface area contributed by atoms with Gasteiger partial charge in [-0.3, -0.25) is 4.79 Å². The van der Waals surface area contributed by atoms with E-state index in [0.717, 1.165) is 11.1 Å². The molecule has 1 heterocycles. The van der Waals surface area contributed by atoms with Crippen LogP contribution < -0.4 is 15.0 Å². The fourth-order valence-corrected chi connectivity index (χ4v) is 3.59. The zero-order valence-corrected chi connectivity index (χ0v) is 17.6. The number of rotatable bonds is 7. The molecule has 3 aromatic carbocycles. The molecule has 31 heavy (non-hydrogen) atoms. The molecule has 1 N–H and O–H groups in total. The zero-order valence-electron chi connectivity index (χ0n) is 17.6. The quantitative estimate of drug-likeness (QED) is 0.436. The lowest BCUT2D eigenvalue weighted by molar-refractivity contribution is 0.253. The van der Waals surface area contributed by atoms with E-state index in [9.17, 15) is 9.90 Å². The summed E-state index contributed by atoms with van der Waals surface area (Å²) in [5.41, 5.74) is 2.26. The molecule has 0 unspecified atom stereocenters. The van der Waals surface area contributed by atoms with Crippen LogP contribution >= 0.6 is 0 Å². The first kappa shape index (κ1) is 20.5. The van der Waals surface area contributed by atoms with Crippen molar-refractivity contribution in [2.24, 2.45) is 0 Å². The predicted molar refractivity (Wildman–Crippen MR) is 122 cm³/mol. The Kier molecular flexibility index (Phi) is 5.94. The Labute approximate surface area is 181 Å². The van der Waals surface area contributed by atoms with Gasteiger partial charge in [-0.2, -0.15) is 0 Å². The number of phenolic OH excluding ortho intramolecular Hbond substituents is 1. The minimum Gasteiger partial charge on any atom is -0.508 e. The number of fused-ring (bicyclic) bond motifs is 1. The summed E-state index contributed by atoms with van der Waals surface area (Å²) in [5.74, 6) is 0.650. The van der Waals surface area contributed by atoms with Gasteiger partial charge in [0.25, 0.3) is 5.56 Å². The average molecular weight is 415 g/mol. The molecule has 4 aromatic rings. The summed E-state index contributed by atoms with van der Waals surface area (Å²) in [6.07, 6.45) is 0. The number of pyridine rings is 1. The number of hydrogen-bond donors (Lipinski definition) is 1. The van der Waals surface area contributed by atoms with Gasteiger partial charge in [0.2, 0.25) is 5.75 Å². The highest BCUT2D eigenvalue weighted by atomic mass is 16.5. The summed E-state index contributed by atoms with van der Waals surface area (Å²) in [4.78, 5) is 13.5. The van der Waals surface area contributed by atoms with E-state index in [2.05, 4.69) is 0 Å². The summed E-state index contributed by atoms with van der Waals surface area (Å²) in [7, 11) is 0. The van der Waals surface area contributed by atoms with Crippen molar-refractivity contribution in [1.82, 2.24) is 4.57 Å². The third kappa shape index (κ3) is 4.40. The molecule has 0 saturated carbocycles. The Hall–Kier alpha value is -3.73. The minimum atomic E-state index is -0.285. The Morgan fingerprint density at radius 3 is 1.90 bits per heavy atom. The molecule has 0 atom stereocenters. The largest absolute Gasteiger partial charge is 0.508 e. The Bertz CT molecular complexity index is 1230. The molecule has 0 aliphatic heterocycles. The van der Waals surface area contributed by atoms with Crippen molar-refractivity contribution in [1.29, 1.82) is 0 Å². The second-order valence-electron chi connectivity index (χ2n) is 7.68. The van der Waals surface area contributed by atoms with Gasteiger partial charge >= 0.3 is 0 Å².